The SMILES string of the molecule is CCCC1(C(=O)N2CCC(C(=O)O)CC2)CC1. The molecule has 1 saturated heterocycles. The molecule has 4 nitrogen and oxygen atoms in total. The second-order valence-electron chi connectivity index (χ2n) is 5.44. The second-order valence-corrected chi connectivity index (χ2v) is 5.44. The van der Waals surface area contributed by atoms with E-state index in [9.17, 15) is 9.59 Å². The first-order valence-electron chi connectivity index (χ1n) is 6.61. The van der Waals surface area contributed by atoms with Crippen LogP contribution in [0.5, 0.6) is 0 Å². The Balaban J connectivity index is 1.88. The van der Waals surface area contributed by atoms with Crippen LogP contribution >= 0.6 is 0 Å². The smallest absolute Gasteiger partial charge is 0.306 e. The average molecular weight is 239 g/mol. The van der Waals surface area contributed by atoms with Crippen molar-refractivity contribution in [3.63, 3.8) is 0 Å². The third-order valence-electron chi connectivity index (χ3n) is 4.17. The largest absolute Gasteiger partial charge is 0.481 e. The molecule has 1 N–H and O–H groups in total. The molecule has 0 radical (unpaired) electrons. The number of rotatable bonds is 4. The zero-order chi connectivity index (χ0) is 12.5. The van der Waals surface area contributed by atoms with Gasteiger partial charge < -0.3 is 10.0 Å². The van der Waals surface area contributed by atoms with Crippen molar-refractivity contribution in [2.24, 2.45) is 11.3 Å². The molecular weight excluding hydrogens is 218 g/mol. The highest BCUT2D eigenvalue weighted by molar-refractivity contribution is 5.85. The highest BCUT2D eigenvalue weighted by Gasteiger charge is 2.50. The normalized spacial score (nSPS) is 23.5. The molecule has 2 rings (SSSR count). The minimum atomic E-state index is -0.716. The van der Waals surface area contributed by atoms with Crippen LogP contribution in [0.1, 0.15) is 45.4 Å². The summed E-state index contributed by atoms with van der Waals surface area (Å²) in [5.41, 5.74) is -0.0647. The van der Waals surface area contributed by atoms with Crippen LogP contribution in [0.2, 0.25) is 0 Å². The van der Waals surface area contributed by atoms with E-state index in [0.29, 0.717) is 25.9 Å². The Hall–Kier alpha value is -1.06. The molecule has 0 aromatic carbocycles. The Morgan fingerprint density at radius 2 is 1.88 bits per heavy atom. The Morgan fingerprint density at radius 1 is 1.29 bits per heavy atom. The molecule has 96 valence electrons. The van der Waals surface area contributed by atoms with Crippen LogP contribution in [0.3, 0.4) is 0 Å². The maximum absolute atomic E-state index is 12.3. The minimum Gasteiger partial charge on any atom is -0.481 e. The van der Waals surface area contributed by atoms with Crippen LogP contribution < -0.4 is 0 Å². The van der Waals surface area contributed by atoms with E-state index in [0.717, 1.165) is 25.7 Å². The Kier molecular flexibility index (Phi) is 3.40. The minimum absolute atomic E-state index is 0.0647. The predicted molar refractivity (Wildman–Crippen MR) is 63.5 cm³/mol. The van der Waals surface area contributed by atoms with Crippen molar-refractivity contribution in [1.82, 2.24) is 4.90 Å². The van der Waals surface area contributed by atoms with E-state index in [1.54, 1.807) is 0 Å². The summed E-state index contributed by atoms with van der Waals surface area (Å²) in [5.74, 6) is -0.685. The Morgan fingerprint density at radius 3 is 2.29 bits per heavy atom. The van der Waals surface area contributed by atoms with Gasteiger partial charge in [-0.25, -0.2) is 0 Å². The predicted octanol–water partition coefficient (Wildman–Crippen LogP) is 1.89. The molecule has 17 heavy (non-hydrogen) atoms. The molecule has 2 aliphatic rings. The van der Waals surface area contributed by atoms with Gasteiger partial charge in [0.05, 0.1) is 5.92 Å². The molecule has 0 unspecified atom stereocenters. The summed E-state index contributed by atoms with van der Waals surface area (Å²) >= 11 is 0. The fraction of sp³-hybridized carbons (Fsp3) is 0.846. The maximum atomic E-state index is 12.3. The number of carboxylic acid groups (broad SMARTS) is 1. The summed E-state index contributed by atoms with van der Waals surface area (Å²) in [6.45, 7) is 3.37. The zero-order valence-corrected chi connectivity index (χ0v) is 10.4. The number of piperidine rings is 1. The fourth-order valence-corrected chi connectivity index (χ4v) is 2.87. The second kappa shape index (κ2) is 4.67. The van der Waals surface area contributed by atoms with Crippen LogP contribution in [0.4, 0.5) is 0 Å². The monoisotopic (exact) mass is 239 g/mol. The quantitative estimate of drug-likeness (QED) is 0.815. The highest BCUT2D eigenvalue weighted by atomic mass is 16.4. The maximum Gasteiger partial charge on any atom is 0.306 e. The van der Waals surface area contributed by atoms with Crippen molar-refractivity contribution < 1.29 is 14.7 Å². The van der Waals surface area contributed by atoms with Gasteiger partial charge in [-0.15, -0.1) is 0 Å². The molecule has 4 heteroatoms. The van der Waals surface area contributed by atoms with E-state index in [1.165, 1.54) is 0 Å². The van der Waals surface area contributed by atoms with Crippen LogP contribution in [-0.4, -0.2) is 35.0 Å². The van der Waals surface area contributed by atoms with Crippen LogP contribution in [-0.2, 0) is 9.59 Å². The zero-order valence-electron chi connectivity index (χ0n) is 10.4. The molecule has 1 amide bonds. The number of nitrogens with zero attached hydrogens (tertiary/aromatic N) is 1. The van der Waals surface area contributed by atoms with E-state index in [2.05, 4.69) is 6.92 Å². The number of amides is 1. The molecule has 0 spiro atoms. The summed E-state index contributed by atoms with van der Waals surface area (Å²) in [5, 5.41) is 8.92. The van der Waals surface area contributed by atoms with Gasteiger partial charge in [0.1, 0.15) is 0 Å². The van der Waals surface area contributed by atoms with Crippen molar-refractivity contribution in [1.29, 1.82) is 0 Å². The van der Waals surface area contributed by atoms with E-state index < -0.39 is 5.97 Å². The van der Waals surface area contributed by atoms with Crippen molar-refractivity contribution >= 4 is 11.9 Å². The first-order chi connectivity index (χ1) is 8.09. The molecule has 1 aliphatic heterocycles. The van der Waals surface area contributed by atoms with Crippen LogP contribution in [0.15, 0.2) is 0 Å². The van der Waals surface area contributed by atoms with Crippen molar-refractivity contribution in [2.45, 2.75) is 45.4 Å². The molecule has 1 heterocycles. The molecule has 0 aromatic heterocycles. The number of carbonyl (C=O) groups excluding carboxylic acids is 1. The third kappa shape index (κ3) is 2.45. The average Bonchev–Trinajstić information content (AvgIpc) is 3.10. The number of carbonyl (C=O) groups is 2. The molecule has 1 aliphatic carbocycles. The van der Waals surface area contributed by atoms with Crippen LogP contribution in [0, 0.1) is 11.3 Å². The van der Waals surface area contributed by atoms with Gasteiger partial charge in [-0.3, -0.25) is 9.59 Å². The van der Waals surface area contributed by atoms with Gasteiger partial charge >= 0.3 is 5.97 Å². The van der Waals surface area contributed by atoms with Crippen LogP contribution in [0.25, 0.3) is 0 Å². The lowest BCUT2D eigenvalue weighted by atomic mass is 9.93. The Labute approximate surface area is 102 Å². The van der Waals surface area contributed by atoms with E-state index in [1.807, 2.05) is 4.90 Å². The molecule has 1 saturated carbocycles. The van der Waals surface area contributed by atoms with Gasteiger partial charge in [-0.1, -0.05) is 13.3 Å². The number of likely N-dealkylation sites (tertiary alicyclic amines) is 1. The van der Waals surface area contributed by atoms with E-state index >= 15 is 0 Å². The number of carboxylic acids is 1. The lowest BCUT2D eigenvalue weighted by molar-refractivity contribution is -0.147. The third-order valence-corrected chi connectivity index (χ3v) is 4.17. The number of hydrogen-bond acceptors (Lipinski definition) is 2. The van der Waals surface area contributed by atoms with Gasteiger partial charge in [-0.2, -0.15) is 0 Å². The number of hydrogen-bond donors (Lipinski definition) is 1. The summed E-state index contributed by atoms with van der Waals surface area (Å²) < 4.78 is 0. The van der Waals surface area contributed by atoms with Gasteiger partial charge in [0, 0.05) is 18.5 Å². The lowest BCUT2D eigenvalue weighted by Gasteiger charge is -2.33. The molecule has 0 aromatic rings. The van der Waals surface area contributed by atoms with E-state index in [-0.39, 0.29) is 17.2 Å². The highest BCUT2D eigenvalue weighted by Crippen LogP contribution is 2.51. The van der Waals surface area contributed by atoms with Gasteiger partial charge in [-0.05, 0) is 32.1 Å². The van der Waals surface area contributed by atoms with Crippen molar-refractivity contribution in [3.05, 3.63) is 0 Å². The molecular formula is C13H21NO3. The van der Waals surface area contributed by atoms with Gasteiger partial charge in [0.2, 0.25) is 5.91 Å². The van der Waals surface area contributed by atoms with Gasteiger partial charge in [0.15, 0.2) is 0 Å². The van der Waals surface area contributed by atoms with Crippen molar-refractivity contribution in [2.75, 3.05) is 13.1 Å². The standard InChI is InChI=1S/C13H21NO3/c1-2-5-13(6-7-13)12(17)14-8-3-10(4-9-14)11(15)16/h10H,2-9H2,1H3,(H,15,16). The van der Waals surface area contributed by atoms with Crippen molar-refractivity contribution in [3.8, 4) is 0 Å². The summed E-state index contributed by atoms with van der Waals surface area (Å²) in [4.78, 5) is 25.1. The Bertz CT molecular complexity index is 315. The summed E-state index contributed by atoms with van der Waals surface area (Å²) in [6, 6.07) is 0. The number of aliphatic carboxylic acids is 1. The molecule has 0 atom stereocenters. The molecule has 0 bridgehead atoms. The summed E-state index contributed by atoms with van der Waals surface area (Å²) in [7, 11) is 0. The lowest BCUT2D eigenvalue weighted by Crippen LogP contribution is -2.43. The first kappa shape index (κ1) is 12.4. The van der Waals surface area contributed by atoms with Gasteiger partial charge in [0.25, 0.3) is 0 Å². The van der Waals surface area contributed by atoms with E-state index in [4.69, 9.17) is 5.11 Å². The fourth-order valence-electron chi connectivity index (χ4n) is 2.87. The molecule has 2 fully saturated rings. The summed E-state index contributed by atoms with van der Waals surface area (Å²) in [6.07, 6.45) is 5.33. The topological polar surface area (TPSA) is 57.6 Å². The first-order valence-corrected chi connectivity index (χ1v) is 6.61.